The smallest absolute Gasteiger partial charge is 0.254 e. The Labute approximate surface area is 161 Å². The number of benzene rings is 1. The third-order valence-electron chi connectivity index (χ3n) is 4.84. The Balaban J connectivity index is 1.44. The van der Waals surface area contributed by atoms with E-state index in [4.69, 9.17) is 5.73 Å². The van der Waals surface area contributed by atoms with Crippen LogP contribution < -0.4 is 11.1 Å². The van der Waals surface area contributed by atoms with Gasteiger partial charge in [-0.05, 0) is 31.9 Å². The molecule has 8 nitrogen and oxygen atoms in total. The monoisotopic (exact) mass is 375 g/mol. The van der Waals surface area contributed by atoms with Crippen LogP contribution in [0, 0.1) is 13.8 Å². The van der Waals surface area contributed by atoms with E-state index in [1.807, 2.05) is 44.2 Å². The number of amides is 1. The molecule has 0 spiro atoms. The van der Waals surface area contributed by atoms with E-state index in [1.54, 1.807) is 10.7 Å². The lowest BCUT2D eigenvalue weighted by Crippen LogP contribution is -2.28. The van der Waals surface area contributed by atoms with Gasteiger partial charge in [-0.25, -0.2) is 4.98 Å². The van der Waals surface area contributed by atoms with Crippen LogP contribution in [-0.2, 0) is 17.6 Å². The Bertz CT molecular complexity index is 1180. The van der Waals surface area contributed by atoms with Crippen LogP contribution in [0.1, 0.15) is 22.5 Å². The molecule has 0 saturated carbocycles. The highest BCUT2D eigenvalue weighted by atomic mass is 16.1. The zero-order chi connectivity index (χ0) is 19.7. The van der Waals surface area contributed by atoms with Crippen molar-refractivity contribution in [3.63, 3.8) is 0 Å². The number of para-hydroxylation sites is 1. The first-order chi connectivity index (χ1) is 13.5. The number of hydrogen-bond acceptors (Lipinski definition) is 6. The minimum atomic E-state index is -0.0615. The summed E-state index contributed by atoms with van der Waals surface area (Å²) in [6.07, 6.45) is 2.74. The van der Waals surface area contributed by atoms with Crippen molar-refractivity contribution < 1.29 is 4.79 Å². The molecule has 1 aromatic carbocycles. The quantitative estimate of drug-likeness (QED) is 0.550. The summed E-state index contributed by atoms with van der Waals surface area (Å²) in [4.78, 5) is 25.4. The van der Waals surface area contributed by atoms with Gasteiger partial charge in [-0.15, -0.1) is 5.10 Å². The molecule has 28 heavy (non-hydrogen) atoms. The minimum absolute atomic E-state index is 0.0615. The topological polar surface area (TPSA) is 111 Å². The van der Waals surface area contributed by atoms with Crippen LogP contribution in [-0.4, -0.2) is 37.0 Å². The van der Waals surface area contributed by atoms with E-state index >= 15 is 0 Å². The highest BCUT2D eigenvalue weighted by Gasteiger charge is 2.15. The Kier molecular flexibility index (Phi) is 4.60. The molecule has 3 N–H and O–H groups in total. The molecule has 0 saturated heterocycles. The molecule has 0 fully saturated rings. The first-order valence-electron chi connectivity index (χ1n) is 9.10. The molecular formula is C20H21N7O. The molecule has 4 aromatic rings. The zero-order valence-corrected chi connectivity index (χ0v) is 15.8. The first kappa shape index (κ1) is 17.8. The van der Waals surface area contributed by atoms with Gasteiger partial charge in [0.05, 0.1) is 11.9 Å². The number of anilines is 1. The summed E-state index contributed by atoms with van der Waals surface area (Å²) in [5.74, 6) is 0.550. The standard InChI is InChI=1S/C20H21N7O/c1-12-16(13(2)27-20(24-12)25-19(21)26-27)11-17(28)22-10-8-15-6-3-5-14-7-4-9-23-18(14)15/h3-7,9H,8,10-11H2,1-2H3,(H2,21,26)(H,22,28). The van der Waals surface area contributed by atoms with Crippen LogP contribution in [0.2, 0.25) is 0 Å². The normalized spacial score (nSPS) is 11.2. The third-order valence-corrected chi connectivity index (χ3v) is 4.84. The molecule has 4 rings (SSSR count). The number of nitrogens with zero attached hydrogens (tertiary/aromatic N) is 5. The molecule has 0 radical (unpaired) electrons. The van der Waals surface area contributed by atoms with Crippen molar-refractivity contribution in [2.24, 2.45) is 0 Å². The molecule has 142 valence electrons. The van der Waals surface area contributed by atoms with Crippen LogP contribution in [0.5, 0.6) is 0 Å². The number of aromatic nitrogens is 5. The summed E-state index contributed by atoms with van der Waals surface area (Å²) >= 11 is 0. The average Bonchev–Trinajstić information content (AvgIpc) is 3.05. The van der Waals surface area contributed by atoms with Crippen molar-refractivity contribution in [1.82, 2.24) is 29.9 Å². The van der Waals surface area contributed by atoms with Crippen molar-refractivity contribution in [1.29, 1.82) is 0 Å². The molecule has 3 aromatic heterocycles. The Morgan fingerprint density at radius 3 is 2.86 bits per heavy atom. The summed E-state index contributed by atoms with van der Waals surface area (Å²) in [6.45, 7) is 4.29. The van der Waals surface area contributed by atoms with Crippen molar-refractivity contribution >= 4 is 28.5 Å². The fraction of sp³-hybridized carbons (Fsp3) is 0.250. The second-order valence-electron chi connectivity index (χ2n) is 6.71. The van der Waals surface area contributed by atoms with Gasteiger partial charge in [-0.1, -0.05) is 24.3 Å². The van der Waals surface area contributed by atoms with Crippen molar-refractivity contribution in [3.8, 4) is 0 Å². The predicted molar refractivity (Wildman–Crippen MR) is 107 cm³/mol. The number of fused-ring (bicyclic) bond motifs is 2. The molecule has 8 heteroatoms. The highest BCUT2D eigenvalue weighted by molar-refractivity contribution is 5.82. The van der Waals surface area contributed by atoms with Gasteiger partial charge in [0, 0.05) is 35.1 Å². The summed E-state index contributed by atoms with van der Waals surface area (Å²) in [7, 11) is 0. The molecule has 0 atom stereocenters. The molecule has 0 unspecified atom stereocenters. The van der Waals surface area contributed by atoms with Crippen molar-refractivity contribution in [2.75, 3.05) is 12.3 Å². The predicted octanol–water partition coefficient (Wildman–Crippen LogP) is 1.77. The van der Waals surface area contributed by atoms with Gasteiger partial charge in [-0.3, -0.25) is 9.78 Å². The lowest BCUT2D eigenvalue weighted by molar-refractivity contribution is -0.120. The van der Waals surface area contributed by atoms with E-state index in [1.165, 1.54) is 0 Å². The number of nitrogens with two attached hydrogens (primary N) is 1. The van der Waals surface area contributed by atoms with E-state index in [-0.39, 0.29) is 18.3 Å². The maximum absolute atomic E-state index is 12.5. The Morgan fingerprint density at radius 1 is 1.18 bits per heavy atom. The van der Waals surface area contributed by atoms with Gasteiger partial charge in [0.15, 0.2) is 0 Å². The van der Waals surface area contributed by atoms with E-state index < -0.39 is 0 Å². The SMILES string of the molecule is Cc1nc2nc(N)nn2c(C)c1CC(=O)NCCc1cccc2cccnc12. The Morgan fingerprint density at radius 2 is 2.00 bits per heavy atom. The van der Waals surface area contributed by atoms with E-state index in [2.05, 4.69) is 25.4 Å². The maximum atomic E-state index is 12.5. The van der Waals surface area contributed by atoms with Crippen molar-refractivity contribution in [3.05, 3.63) is 59.0 Å². The van der Waals surface area contributed by atoms with Crippen LogP contribution in [0.4, 0.5) is 5.95 Å². The molecule has 0 aliphatic rings. The summed E-state index contributed by atoms with van der Waals surface area (Å²) < 4.78 is 1.58. The van der Waals surface area contributed by atoms with Crippen LogP contribution in [0.3, 0.4) is 0 Å². The van der Waals surface area contributed by atoms with Gasteiger partial charge < -0.3 is 11.1 Å². The van der Waals surface area contributed by atoms with Gasteiger partial charge in [0.2, 0.25) is 11.9 Å². The number of nitrogens with one attached hydrogen (secondary N) is 1. The molecule has 1 amide bonds. The van der Waals surface area contributed by atoms with Crippen LogP contribution in [0.25, 0.3) is 16.7 Å². The number of carbonyl (C=O) groups is 1. The summed E-state index contributed by atoms with van der Waals surface area (Å²) in [5, 5.41) is 8.22. The van der Waals surface area contributed by atoms with E-state index in [0.717, 1.165) is 39.8 Å². The van der Waals surface area contributed by atoms with Gasteiger partial charge in [-0.2, -0.15) is 9.50 Å². The van der Waals surface area contributed by atoms with Crippen molar-refractivity contribution in [2.45, 2.75) is 26.7 Å². The Hall–Kier alpha value is -3.55. The second kappa shape index (κ2) is 7.22. The lowest BCUT2D eigenvalue weighted by Gasteiger charge is -2.11. The fourth-order valence-corrected chi connectivity index (χ4v) is 3.41. The van der Waals surface area contributed by atoms with Crippen LogP contribution >= 0.6 is 0 Å². The molecule has 0 aliphatic carbocycles. The second-order valence-corrected chi connectivity index (χ2v) is 6.71. The zero-order valence-electron chi connectivity index (χ0n) is 15.8. The molecular weight excluding hydrogens is 354 g/mol. The summed E-state index contributed by atoms with van der Waals surface area (Å²) in [5.41, 5.74) is 10.2. The number of aryl methyl sites for hydroxylation is 2. The third kappa shape index (κ3) is 3.36. The average molecular weight is 375 g/mol. The molecule has 0 aliphatic heterocycles. The number of nitrogen functional groups attached to an aromatic ring is 1. The van der Waals surface area contributed by atoms with E-state index in [0.29, 0.717) is 12.3 Å². The largest absolute Gasteiger partial charge is 0.366 e. The maximum Gasteiger partial charge on any atom is 0.254 e. The van der Waals surface area contributed by atoms with Gasteiger partial charge in [0.1, 0.15) is 0 Å². The van der Waals surface area contributed by atoms with Crippen LogP contribution in [0.15, 0.2) is 36.5 Å². The number of carbonyl (C=O) groups excluding carboxylic acids is 1. The fourth-order valence-electron chi connectivity index (χ4n) is 3.41. The van der Waals surface area contributed by atoms with Gasteiger partial charge in [0.25, 0.3) is 5.78 Å². The van der Waals surface area contributed by atoms with E-state index in [9.17, 15) is 4.79 Å². The number of hydrogen-bond donors (Lipinski definition) is 2. The first-order valence-corrected chi connectivity index (χ1v) is 9.10. The highest BCUT2D eigenvalue weighted by Crippen LogP contribution is 2.17. The lowest BCUT2D eigenvalue weighted by atomic mass is 10.1. The molecule has 0 bridgehead atoms. The number of rotatable bonds is 5. The van der Waals surface area contributed by atoms with Gasteiger partial charge >= 0.3 is 0 Å². The number of pyridine rings is 1. The summed E-state index contributed by atoms with van der Waals surface area (Å²) in [6, 6.07) is 10.1. The minimum Gasteiger partial charge on any atom is -0.366 e. The molecule has 3 heterocycles.